The van der Waals surface area contributed by atoms with Crippen LogP contribution in [-0.4, -0.2) is 42.7 Å². The summed E-state index contributed by atoms with van der Waals surface area (Å²) >= 11 is -0.500. The molecule has 1 radical (unpaired) electrons. The molecule has 0 heterocycles. The van der Waals surface area contributed by atoms with Gasteiger partial charge in [-0.3, -0.25) is 0 Å². The van der Waals surface area contributed by atoms with E-state index in [0.29, 0.717) is 0 Å². The zero-order chi connectivity index (χ0) is 8.69. The molecule has 0 fully saturated rings. The van der Waals surface area contributed by atoms with E-state index >= 15 is 0 Å². The lowest BCUT2D eigenvalue weighted by Crippen LogP contribution is -2.20. The van der Waals surface area contributed by atoms with E-state index in [1.807, 2.05) is 13.8 Å². The molecule has 11 heavy (non-hydrogen) atoms. The molecule has 0 aliphatic carbocycles. The summed E-state index contributed by atoms with van der Waals surface area (Å²) < 4.78 is 19.9. The molecule has 4 nitrogen and oxygen atoms in total. The lowest BCUT2D eigenvalue weighted by Gasteiger charge is -2.14. The lowest BCUT2D eigenvalue weighted by atomic mass is 10.8. The van der Waals surface area contributed by atoms with Gasteiger partial charge in [0, 0.05) is 15.6 Å². The molecule has 0 aromatic heterocycles. The molecule has 0 N–H and O–H groups in total. The third kappa shape index (κ3) is 6.76. The molecular formula is C6H16AlO4. The highest BCUT2D eigenvalue weighted by molar-refractivity contribution is 6.18. The van der Waals surface area contributed by atoms with Crippen molar-refractivity contribution in [3.8, 4) is 0 Å². The molecule has 2 atom stereocenters. The van der Waals surface area contributed by atoms with E-state index < -0.39 is 15.9 Å². The highest BCUT2D eigenvalue weighted by Crippen LogP contribution is 1.92. The molecule has 2 unspecified atom stereocenters. The van der Waals surface area contributed by atoms with Gasteiger partial charge in [0.1, 0.15) is 12.6 Å². The predicted octanol–water partition coefficient (Wildman–Crippen LogP) is 0.785. The fourth-order valence-corrected chi connectivity index (χ4v) is 0.899. The van der Waals surface area contributed by atoms with E-state index in [9.17, 15) is 0 Å². The van der Waals surface area contributed by atoms with Crippen molar-refractivity contribution in [3.05, 3.63) is 0 Å². The topological polar surface area (TPSA) is 36.9 Å². The molecule has 0 spiro atoms. The monoisotopic (exact) mass is 179 g/mol. The minimum absolute atomic E-state index is 0. The van der Waals surface area contributed by atoms with Crippen LogP contribution in [0.5, 0.6) is 0 Å². The highest BCUT2D eigenvalue weighted by Gasteiger charge is 2.06. The van der Waals surface area contributed by atoms with Gasteiger partial charge in [-0.2, -0.15) is 0 Å². The maximum atomic E-state index is 5.12. The van der Waals surface area contributed by atoms with Gasteiger partial charge in [-0.25, -0.2) is 0 Å². The average Bonchev–Trinajstić information content (AvgIpc) is 2.04. The summed E-state index contributed by atoms with van der Waals surface area (Å²) in [5, 5.41) is 0. The van der Waals surface area contributed by atoms with Crippen LogP contribution >= 0.6 is 0 Å². The standard InChI is InChI=1S/2C3H7O2.Al.H2/c2*1-3(4)5-2;;/h2*3H,1-2H3;;1H/q2*-1;+2;. The van der Waals surface area contributed by atoms with Crippen molar-refractivity contribution in [3.63, 3.8) is 0 Å². The Morgan fingerprint density at radius 3 is 1.64 bits per heavy atom. The van der Waals surface area contributed by atoms with Crippen molar-refractivity contribution in [1.29, 1.82) is 0 Å². The van der Waals surface area contributed by atoms with Crippen molar-refractivity contribution in [2.45, 2.75) is 26.4 Å². The smallest absolute Gasteiger partial charge is 0.461 e. The average molecular weight is 179 g/mol. The summed E-state index contributed by atoms with van der Waals surface area (Å²) in [5.74, 6) is 0. The molecular weight excluding hydrogens is 163 g/mol. The van der Waals surface area contributed by atoms with Gasteiger partial charge in [0.05, 0.1) is 0 Å². The number of hydrogen-bond donors (Lipinski definition) is 0. The van der Waals surface area contributed by atoms with Crippen LogP contribution in [-0.2, 0) is 17.1 Å². The van der Waals surface area contributed by atoms with Crippen LogP contribution in [0.15, 0.2) is 0 Å². The van der Waals surface area contributed by atoms with Gasteiger partial charge in [-0.15, -0.1) is 0 Å². The number of rotatable bonds is 6. The van der Waals surface area contributed by atoms with Gasteiger partial charge >= 0.3 is 15.9 Å². The predicted molar refractivity (Wildman–Crippen MR) is 43.0 cm³/mol. The molecule has 0 saturated carbocycles. The Morgan fingerprint density at radius 1 is 1.00 bits per heavy atom. The van der Waals surface area contributed by atoms with Crippen molar-refractivity contribution >= 4 is 15.9 Å². The Labute approximate surface area is 75.6 Å². The molecule has 0 bridgehead atoms. The second-order valence-corrected chi connectivity index (χ2v) is 2.71. The van der Waals surface area contributed by atoms with Crippen LogP contribution in [0.2, 0.25) is 0 Å². The van der Waals surface area contributed by atoms with Gasteiger partial charge in [0.2, 0.25) is 0 Å². The first-order valence-electron chi connectivity index (χ1n) is 3.39. The number of hydrogen-bond acceptors (Lipinski definition) is 4. The fraction of sp³-hybridized carbons (Fsp3) is 1.00. The molecule has 0 aromatic rings. The summed E-state index contributed by atoms with van der Waals surface area (Å²) in [6.45, 7) is 3.63. The fourth-order valence-electron chi connectivity index (χ4n) is 0.300. The zero-order valence-electron chi connectivity index (χ0n) is 7.37. The molecule has 0 saturated heterocycles. The Bertz CT molecular complexity index is 85.6. The molecule has 0 aliphatic heterocycles. The summed E-state index contributed by atoms with van der Waals surface area (Å²) in [4.78, 5) is 0. The van der Waals surface area contributed by atoms with Gasteiger partial charge in [0.25, 0.3) is 0 Å². The summed E-state index contributed by atoms with van der Waals surface area (Å²) in [6, 6.07) is 0. The normalized spacial score (nSPS) is 16.0. The van der Waals surface area contributed by atoms with Crippen LogP contribution in [0.1, 0.15) is 15.3 Å². The minimum atomic E-state index is -0.500. The SMILES string of the molecule is COC(C)[O][Al][O]C(C)OC.[HH]. The lowest BCUT2D eigenvalue weighted by molar-refractivity contribution is -0.0840. The quantitative estimate of drug-likeness (QED) is 0.446. The van der Waals surface area contributed by atoms with E-state index in [1.165, 1.54) is 0 Å². The first kappa shape index (κ1) is 11.4. The third-order valence-corrected chi connectivity index (χ3v) is 2.15. The van der Waals surface area contributed by atoms with E-state index in [-0.39, 0.29) is 14.0 Å². The third-order valence-electron chi connectivity index (χ3n) is 1.16. The van der Waals surface area contributed by atoms with Crippen LogP contribution in [0, 0.1) is 0 Å². The molecule has 0 aromatic carbocycles. The summed E-state index contributed by atoms with van der Waals surface area (Å²) in [5.41, 5.74) is 0. The van der Waals surface area contributed by atoms with Crippen molar-refractivity contribution < 1.29 is 18.5 Å². The molecule has 67 valence electrons. The molecule has 0 aliphatic rings. The Kier molecular flexibility index (Phi) is 7.28. The second kappa shape index (κ2) is 7.04. The van der Waals surface area contributed by atoms with E-state index in [1.54, 1.807) is 14.2 Å². The van der Waals surface area contributed by atoms with Crippen LogP contribution in [0.25, 0.3) is 0 Å². The van der Waals surface area contributed by atoms with Gasteiger partial charge in [-0.05, 0) is 13.8 Å². The highest BCUT2D eigenvalue weighted by atomic mass is 27.2. The van der Waals surface area contributed by atoms with Crippen LogP contribution in [0.3, 0.4) is 0 Å². The van der Waals surface area contributed by atoms with E-state index in [4.69, 9.17) is 17.1 Å². The van der Waals surface area contributed by atoms with Gasteiger partial charge in [0.15, 0.2) is 0 Å². The summed E-state index contributed by atoms with van der Waals surface area (Å²) in [7, 11) is 3.17. The van der Waals surface area contributed by atoms with Crippen molar-refractivity contribution in [2.75, 3.05) is 14.2 Å². The maximum absolute atomic E-state index is 5.12. The van der Waals surface area contributed by atoms with E-state index in [2.05, 4.69) is 0 Å². The molecule has 0 amide bonds. The zero-order valence-corrected chi connectivity index (χ0v) is 8.52. The summed E-state index contributed by atoms with van der Waals surface area (Å²) in [6.07, 6.45) is -0.400. The minimum Gasteiger partial charge on any atom is -0.461 e. The van der Waals surface area contributed by atoms with Crippen molar-refractivity contribution in [2.24, 2.45) is 0 Å². The number of ether oxygens (including phenoxy) is 2. The largest absolute Gasteiger partial charge is 0.671 e. The molecule has 0 rings (SSSR count). The Balaban J connectivity index is 0. The van der Waals surface area contributed by atoms with Gasteiger partial charge in [-0.1, -0.05) is 0 Å². The first-order valence-corrected chi connectivity index (χ1v) is 4.33. The van der Waals surface area contributed by atoms with Crippen molar-refractivity contribution in [1.82, 2.24) is 0 Å². The Morgan fingerprint density at radius 2 is 1.36 bits per heavy atom. The second-order valence-electron chi connectivity index (χ2n) is 1.98. The van der Waals surface area contributed by atoms with E-state index in [0.717, 1.165) is 0 Å². The Hall–Kier alpha value is 0.372. The van der Waals surface area contributed by atoms with Gasteiger partial charge < -0.3 is 17.1 Å². The van der Waals surface area contributed by atoms with Crippen LogP contribution in [0.4, 0.5) is 0 Å². The maximum Gasteiger partial charge on any atom is 0.671 e. The van der Waals surface area contributed by atoms with Crippen LogP contribution < -0.4 is 0 Å². The molecule has 5 heteroatoms. The number of methoxy groups -OCH3 is 2. The first-order chi connectivity index (χ1) is 5.20.